The van der Waals surface area contributed by atoms with E-state index in [0.717, 1.165) is 22.6 Å². The van der Waals surface area contributed by atoms with Gasteiger partial charge in [-0.15, -0.1) is 23.1 Å². The minimum absolute atomic E-state index is 0.0442. The first kappa shape index (κ1) is 18.3. The van der Waals surface area contributed by atoms with Crippen LogP contribution in [0.4, 0.5) is 4.79 Å². The van der Waals surface area contributed by atoms with E-state index in [2.05, 4.69) is 5.43 Å². The maximum Gasteiger partial charge on any atom is 0.337 e. The van der Waals surface area contributed by atoms with Crippen LogP contribution < -0.4 is 5.43 Å². The molecule has 3 amide bonds. The number of hydrogen-bond acceptors (Lipinski definition) is 5. The number of thiophene rings is 1. The summed E-state index contributed by atoms with van der Waals surface area (Å²) in [6.07, 6.45) is 0.418. The Hall–Kier alpha value is -1.74. The van der Waals surface area contributed by atoms with Gasteiger partial charge >= 0.3 is 6.03 Å². The van der Waals surface area contributed by atoms with Gasteiger partial charge in [-0.1, -0.05) is 29.8 Å². The Morgan fingerprint density at radius 1 is 1.14 bits per heavy atom. The third-order valence-corrected chi connectivity index (χ3v) is 7.85. The van der Waals surface area contributed by atoms with Crippen LogP contribution in [-0.2, 0) is 17.9 Å². The molecule has 3 aliphatic rings. The van der Waals surface area contributed by atoms with Gasteiger partial charge in [-0.05, 0) is 41.3 Å². The molecule has 3 atom stereocenters. The lowest BCUT2D eigenvalue weighted by Gasteiger charge is -2.44. The van der Waals surface area contributed by atoms with Crippen molar-refractivity contribution >= 4 is 46.6 Å². The molecule has 5 rings (SSSR count). The fraction of sp³-hybridized carbons (Fsp3) is 0.368. The Kier molecular flexibility index (Phi) is 4.74. The molecule has 1 aromatic carbocycles. The smallest absolute Gasteiger partial charge is 0.302 e. The summed E-state index contributed by atoms with van der Waals surface area (Å²) < 4.78 is 0. The number of carbonyl (C=O) groups excluding carboxylic acids is 2. The highest BCUT2D eigenvalue weighted by Gasteiger charge is 2.55. The molecule has 0 saturated carbocycles. The minimum Gasteiger partial charge on any atom is -0.302 e. The molecule has 0 aliphatic carbocycles. The summed E-state index contributed by atoms with van der Waals surface area (Å²) >= 11 is 9.26. The van der Waals surface area contributed by atoms with Crippen LogP contribution in [-0.4, -0.2) is 50.1 Å². The summed E-state index contributed by atoms with van der Waals surface area (Å²) in [7, 11) is 0. The van der Waals surface area contributed by atoms with Crippen molar-refractivity contribution in [1.29, 1.82) is 0 Å². The molecule has 6 nitrogen and oxygen atoms in total. The van der Waals surface area contributed by atoms with Crippen LogP contribution in [0.25, 0.3) is 0 Å². The molecule has 3 aliphatic heterocycles. The van der Waals surface area contributed by atoms with E-state index < -0.39 is 6.29 Å². The van der Waals surface area contributed by atoms with Gasteiger partial charge in [0.05, 0.1) is 19.1 Å². The molecule has 1 aromatic heterocycles. The number of benzene rings is 1. The standard InChI is InChI=1S/C19H19ClN4O2S2/c20-13-5-3-12(4-6-13)10-23-19(26)24-15-7-9-28-16(15)17(25)22(18(24)21-23)11-14-2-1-8-27-14/h1-6,8,15-16,18,21H,7,9-11H2. The zero-order valence-electron chi connectivity index (χ0n) is 15.0. The molecule has 28 heavy (non-hydrogen) atoms. The molecule has 3 saturated heterocycles. The average Bonchev–Trinajstić information content (AvgIpc) is 3.42. The second-order valence-electron chi connectivity index (χ2n) is 7.10. The van der Waals surface area contributed by atoms with Crippen molar-refractivity contribution in [1.82, 2.24) is 20.2 Å². The second kappa shape index (κ2) is 7.26. The number of rotatable bonds is 4. The van der Waals surface area contributed by atoms with Crippen LogP contribution in [0.1, 0.15) is 16.9 Å². The molecule has 0 spiro atoms. The van der Waals surface area contributed by atoms with Crippen LogP contribution in [0, 0.1) is 0 Å². The van der Waals surface area contributed by atoms with Gasteiger partial charge in [0.15, 0.2) is 6.29 Å². The van der Waals surface area contributed by atoms with Crippen LogP contribution in [0.5, 0.6) is 0 Å². The van der Waals surface area contributed by atoms with Crippen molar-refractivity contribution < 1.29 is 9.59 Å². The van der Waals surface area contributed by atoms with E-state index in [9.17, 15) is 9.59 Å². The lowest BCUT2D eigenvalue weighted by molar-refractivity contribution is -0.145. The van der Waals surface area contributed by atoms with E-state index in [-0.39, 0.29) is 23.2 Å². The van der Waals surface area contributed by atoms with Crippen molar-refractivity contribution in [2.24, 2.45) is 0 Å². The van der Waals surface area contributed by atoms with Crippen molar-refractivity contribution in [3.05, 3.63) is 57.2 Å². The number of hydrazine groups is 1. The summed E-state index contributed by atoms with van der Waals surface area (Å²) in [5.41, 5.74) is 4.27. The molecule has 1 N–H and O–H groups in total. The molecule has 146 valence electrons. The Balaban J connectivity index is 1.43. The molecule has 0 radical (unpaired) electrons. The molecule has 2 aromatic rings. The summed E-state index contributed by atoms with van der Waals surface area (Å²) in [6.45, 7) is 0.936. The number of urea groups is 1. The molecule has 4 heterocycles. The number of carbonyl (C=O) groups is 2. The Labute approximate surface area is 176 Å². The van der Waals surface area contributed by atoms with Crippen LogP contribution in [0.3, 0.4) is 0 Å². The SMILES string of the molecule is O=C1C2SCCC2N2C(=O)N(Cc3ccc(Cl)cc3)NC2N1Cc1cccs1. The monoisotopic (exact) mass is 434 g/mol. The topological polar surface area (TPSA) is 55.9 Å². The Morgan fingerprint density at radius 2 is 1.96 bits per heavy atom. The van der Waals surface area contributed by atoms with E-state index >= 15 is 0 Å². The van der Waals surface area contributed by atoms with Gasteiger partial charge in [0.2, 0.25) is 5.91 Å². The lowest BCUT2D eigenvalue weighted by atomic mass is 10.1. The third-order valence-electron chi connectivity index (χ3n) is 5.39. The maximum atomic E-state index is 13.2. The second-order valence-corrected chi connectivity index (χ2v) is 9.82. The molecule has 3 fully saturated rings. The van der Waals surface area contributed by atoms with Gasteiger partial charge in [0.25, 0.3) is 0 Å². The van der Waals surface area contributed by atoms with Crippen LogP contribution >= 0.6 is 34.7 Å². The Bertz CT molecular complexity index is 892. The summed E-state index contributed by atoms with van der Waals surface area (Å²) in [5.74, 6) is 1.03. The number of halogens is 1. The number of thioether (sulfide) groups is 1. The Morgan fingerprint density at radius 3 is 2.71 bits per heavy atom. The van der Waals surface area contributed by atoms with Gasteiger partial charge in [0, 0.05) is 9.90 Å². The molecule has 3 unspecified atom stereocenters. The van der Waals surface area contributed by atoms with Crippen molar-refractivity contribution in [3.63, 3.8) is 0 Å². The zero-order chi connectivity index (χ0) is 19.3. The average molecular weight is 435 g/mol. The predicted octanol–water partition coefficient (Wildman–Crippen LogP) is 3.34. The normalized spacial score (nSPS) is 26.8. The third kappa shape index (κ3) is 3.08. The highest BCUT2D eigenvalue weighted by atomic mass is 35.5. The van der Waals surface area contributed by atoms with Gasteiger partial charge in [-0.25, -0.2) is 4.79 Å². The lowest BCUT2D eigenvalue weighted by Crippen LogP contribution is -2.65. The quantitative estimate of drug-likeness (QED) is 0.801. The predicted molar refractivity (Wildman–Crippen MR) is 111 cm³/mol. The molecule has 0 bridgehead atoms. The number of amides is 3. The van der Waals surface area contributed by atoms with Crippen molar-refractivity contribution in [2.45, 2.75) is 37.1 Å². The van der Waals surface area contributed by atoms with Crippen LogP contribution in [0.2, 0.25) is 5.02 Å². The number of nitrogens with one attached hydrogen (secondary N) is 1. The van der Waals surface area contributed by atoms with Crippen molar-refractivity contribution in [2.75, 3.05) is 5.75 Å². The first-order valence-corrected chi connectivity index (χ1v) is 11.5. The van der Waals surface area contributed by atoms with Gasteiger partial charge in [-0.3, -0.25) is 14.7 Å². The van der Waals surface area contributed by atoms with Gasteiger partial charge < -0.3 is 4.90 Å². The molecular formula is C19H19ClN4O2S2. The fourth-order valence-corrected chi connectivity index (χ4v) is 6.27. The minimum atomic E-state index is -0.436. The zero-order valence-corrected chi connectivity index (χ0v) is 17.3. The first-order chi connectivity index (χ1) is 13.6. The highest BCUT2D eigenvalue weighted by Crippen LogP contribution is 2.40. The molecular weight excluding hydrogens is 416 g/mol. The number of fused-ring (bicyclic) bond motifs is 3. The summed E-state index contributed by atoms with van der Waals surface area (Å²) in [6, 6.07) is 11.4. The maximum absolute atomic E-state index is 13.2. The van der Waals surface area contributed by atoms with Crippen molar-refractivity contribution in [3.8, 4) is 0 Å². The molecule has 9 heteroatoms. The number of hydrogen-bond donors (Lipinski definition) is 1. The number of nitrogens with zero attached hydrogens (tertiary/aromatic N) is 3. The largest absolute Gasteiger partial charge is 0.337 e. The fourth-order valence-electron chi connectivity index (χ4n) is 4.05. The summed E-state index contributed by atoms with van der Waals surface area (Å²) in [5, 5.41) is 4.13. The van der Waals surface area contributed by atoms with E-state index in [1.165, 1.54) is 0 Å². The van der Waals surface area contributed by atoms with E-state index in [4.69, 9.17) is 11.6 Å². The summed E-state index contributed by atoms with van der Waals surface area (Å²) in [4.78, 5) is 31.2. The van der Waals surface area contributed by atoms with E-state index in [0.29, 0.717) is 18.1 Å². The van der Waals surface area contributed by atoms with Gasteiger partial charge in [0.1, 0.15) is 5.25 Å². The first-order valence-electron chi connectivity index (χ1n) is 9.17. The van der Waals surface area contributed by atoms with E-state index in [1.807, 2.05) is 51.6 Å². The van der Waals surface area contributed by atoms with Crippen LogP contribution in [0.15, 0.2) is 41.8 Å². The van der Waals surface area contributed by atoms with E-state index in [1.54, 1.807) is 28.1 Å². The highest BCUT2D eigenvalue weighted by molar-refractivity contribution is 8.00. The van der Waals surface area contributed by atoms with Gasteiger partial charge in [-0.2, -0.15) is 5.43 Å².